The Hall–Kier alpha value is -1.42. The molecule has 1 heterocycles. The highest BCUT2D eigenvalue weighted by Gasteiger charge is 2.35. The van der Waals surface area contributed by atoms with Gasteiger partial charge in [0.15, 0.2) is 0 Å². The Labute approximate surface area is 112 Å². The monoisotopic (exact) mass is 262 g/mol. The molecule has 3 rings (SSSR count). The molecule has 2 fully saturated rings. The Bertz CT molecular complexity index is 475. The van der Waals surface area contributed by atoms with Crippen molar-refractivity contribution in [2.75, 3.05) is 13.1 Å². The number of rotatable bonds is 1. The molecule has 2 aliphatic rings. The summed E-state index contributed by atoms with van der Waals surface area (Å²) in [5.41, 5.74) is 0.464. The van der Waals surface area contributed by atoms with Crippen LogP contribution in [-0.2, 0) is 0 Å². The molecule has 0 aromatic heterocycles. The lowest BCUT2D eigenvalue weighted by Gasteiger charge is -2.44. The molecule has 0 spiro atoms. The van der Waals surface area contributed by atoms with Gasteiger partial charge in [-0.25, -0.2) is 4.39 Å². The number of hydrogen-bond acceptors (Lipinski definition) is 2. The third-order valence-electron chi connectivity index (χ3n) is 4.22. The van der Waals surface area contributed by atoms with Gasteiger partial charge in [0.05, 0.1) is 0 Å². The first-order valence-corrected chi connectivity index (χ1v) is 7.05. The van der Waals surface area contributed by atoms with Crippen LogP contribution in [0.1, 0.15) is 36.0 Å². The Morgan fingerprint density at radius 2 is 2.16 bits per heavy atom. The van der Waals surface area contributed by atoms with E-state index in [0.29, 0.717) is 11.6 Å². The summed E-state index contributed by atoms with van der Waals surface area (Å²) in [6.07, 6.45) is 4.60. The Balaban J connectivity index is 1.82. The second-order valence-corrected chi connectivity index (χ2v) is 5.42. The Morgan fingerprint density at radius 1 is 1.32 bits per heavy atom. The van der Waals surface area contributed by atoms with Gasteiger partial charge in [0, 0.05) is 30.7 Å². The van der Waals surface area contributed by atoms with E-state index in [4.69, 9.17) is 0 Å². The molecule has 0 radical (unpaired) electrons. The highest BCUT2D eigenvalue weighted by atomic mass is 19.1. The van der Waals surface area contributed by atoms with Crippen molar-refractivity contribution in [2.45, 2.75) is 37.8 Å². The summed E-state index contributed by atoms with van der Waals surface area (Å²) in [7, 11) is 0. The van der Waals surface area contributed by atoms with Gasteiger partial charge in [-0.15, -0.1) is 0 Å². The zero-order chi connectivity index (χ0) is 13.2. The number of nitrogens with zero attached hydrogens (tertiary/aromatic N) is 1. The third-order valence-corrected chi connectivity index (χ3v) is 4.22. The lowest BCUT2D eigenvalue weighted by Crippen LogP contribution is -2.60. The maximum Gasteiger partial charge on any atom is 0.254 e. The van der Waals surface area contributed by atoms with Crippen molar-refractivity contribution in [3.63, 3.8) is 0 Å². The predicted molar refractivity (Wildman–Crippen MR) is 71.5 cm³/mol. The third kappa shape index (κ3) is 2.50. The molecule has 1 saturated carbocycles. The van der Waals surface area contributed by atoms with Crippen molar-refractivity contribution in [1.29, 1.82) is 0 Å². The van der Waals surface area contributed by atoms with Crippen LogP contribution in [0.25, 0.3) is 0 Å². The largest absolute Gasteiger partial charge is 0.333 e. The van der Waals surface area contributed by atoms with E-state index in [1.807, 2.05) is 4.90 Å². The average Bonchev–Trinajstić information content (AvgIpc) is 2.46. The molecular formula is C15H19FN2O. The second kappa shape index (κ2) is 5.29. The second-order valence-electron chi connectivity index (χ2n) is 5.42. The van der Waals surface area contributed by atoms with Crippen LogP contribution >= 0.6 is 0 Å². The van der Waals surface area contributed by atoms with Crippen molar-refractivity contribution < 1.29 is 9.18 Å². The van der Waals surface area contributed by atoms with Gasteiger partial charge < -0.3 is 10.2 Å². The fraction of sp³-hybridized carbons (Fsp3) is 0.533. The number of carbonyl (C=O) groups excluding carboxylic acids is 1. The van der Waals surface area contributed by atoms with Gasteiger partial charge in [0.25, 0.3) is 5.91 Å². The number of benzene rings is 1. The Morgan fingerprint density at radius 3 is 3.00 bits per heavy atom. The van der Waals surface area contributed by atoms with E-state index in [1.54, 1.807) is 12.1 Å². The molecule has 1 saturated heterocycles. The zero-order valence-electron chi connectivity index (χ0n) is 10.9. The molecule has 0 bridgehead atoms. The molecule has 1 N–H and O–H groups in total. The molecule has 1 aromatic rings. The maximum atomic E-state index is 13.2. The van der Waals surface area contributed by atoms with E-state index in [1.165, 1.54) is 25.0 Å². The first-order valence-electron chi connectivity index (χ1n) is 7.05. The zero-order valence-corrected chi connectivity index (χ0v) is 10.9. The van der Waals surface area contributed by atoms with Gasteiger partial charge >= 0.3 is 0 Å². The molecule has 1 aliphatic heterocycles. The van der Waals surface area contributed by atoms with E-state index in [-0.39, 0.29) is 17.8 Å². The van der Waals surface area contributed by atoms with Crippen molar-refractivity contribution in [2.24, 2.45) is 0 Å². The fourth-order valence-corrected chi connectivity index (χ4v) is 3.30. The maximum absolute atomic E-state index is 13.2. The quantitative estimate of drug-likeness (QED) is 0.841. The molecule has 2 unspecified atom stereocenters. The Kier molecular flexibility index (Phi) is 3.51. The molecule has 1 amide bonds. The molecule has 1 aromatic carbocycles. The van der Waals surface area contributed by atoms with E-state index in [9.17, 15) is 9.18 Å². The molecule has 1 aliphatic carbocycles. The normalized spacial score (nSPS) is 26.9. The number of fused-ring (bicyclic) bond motifs is 1. The minimum Gasteiger partial charge on any atom is -0.333 e. The molecule has 102 valence electrons. The van der Waals surface area contributed by atoms with Gasteiger partial charge in [-0.2, -0.15) is 0 Å². The van der Waals surface area contributed by atoms with Crippen LogP contribution in [0.15, 0.2) is 24.3 Å². The van der Waals surface area contributed by atoms with Crippen molar-refractivity contribution in [3.8, 4) is 0 Å². The summed E-state index contributed by atoms with van der Waals surface area (Å²) in [5, 5.41) is 3.50. The predicted octanol–water partition coefficient (Wildman–Crippen LogP) is 2.18. The van der Waals surface area contributed by atoms with E-state index in [2.05, 4.69) is 5.32 Å². The minimum atomic E-state index is -0.346. The van der Waals surface area contributed by atoms with Crippen LogP contribution in [0.3, 0.4) is 0 Å². The average molecular weight is 262 g/mol. The van der Waals surface area contributed by atoms with Gasteiger partial charge in [-0.1, -0.05) is 18.9 Å². The van der Waals surface area contributed by atoms with Crippen LogP contribution in [0, 0.1) is 5.82 Å². The lowest BCUT2D eigenvalue weighted by atomic mass is 9.87. The SMILES string of the molecule is O=C(c1cccc(F)c1)N1CCNC2CCCCC21. The first-order chi connectivity index (χ1) is 9.25. The molecule has 2 atom stereocenters. The number of hydrogen-bond donors (Lipinski definition) is 1. The van der Waals surface area contributed by atoms with Gasteiger partial charge in [-0.3, -0.25) is 4.79 Å². The van der Waals surface area contributed by atoms with Gasteiger partial charge in [-0.05, 0) is 31.0 Å². The van der Waals surface area contributed by atoms with E-state index >= 15 is 0 Å². The van der Waals surface area contributed by atoms with E-state index in [0.717, 1.165) is 25.9 Å². The number of piperazine rings is 1. The molecule has 3 nitrogen and oxygen atoms in total. The standard InChI is InChI=1S/C15H19FN2O/c16-12-5-3-4-11(10-12)15(19)18-9-8-17-13-6-1-2-7-14(13)18/h3-5,10,13-14,17H,1-2,6-9H2. The summed E-state index contributed by atoms with van der Waals surface area (Å²) >= 11 is 0. The van der Waals surface area contributed by atoms with Crippen LogP contribution in [0.4, 0.5) is 4.39 Å². The highest BCUT2D eigenvalue weighted by Crippen LogP contribution is 2.26. The number of halogens is 1. The van der Waals surface area contributed by atoms with E-state index < -0.39 is 0 Å². The lowest BCUT2D eigenvalue weighted by molar-refractivity contribution is 0.0489. The van der Waals surface area contributed by atoms with Gasteiger partial charge in [0.1, 0.15) is 5.82 Å². The van der Waals surface area contributed by atoms with Crippen molar-refractivity contribution >= 4 is 5.91 Å². The number of amides is 1. The molecular weight excluding hydrogens is 243 g/mol. The number of carbonyl (C=O) groups is 1. The van der Waals surface area contributed by atoms with Crippen LogP contribution < -0.4 is 5.32 Å². The summed E-state index contributed by atoms with van der Waals surface area (Å²) in [5.74, 6) is -0.376. The van der Waals surface area contributed by atoms with Crippen molar-refractivity contribution in [3.05, 3.63) is 35.6 Å². The van der Waals surface area contributed by atoms with Crippen LogP contribution in [-0.4, -0.2) is 36.0 Å². The first kappa shape index (κ1) is 12.6. The summed E-state index contributed by atoms with van der Waals surface area (Å²) in [6, 6.07) is 6.70. The summed E-state index contributed by atoms with van der Waals surface area (Å²) in [4.78, 5) is 14.5. The summed E-state index contributed by atoms with van der Waals surface area (Å²) in [6.45, 7) is 1.55. The smallest absolute Gasteiger partial charge is 0.254 e. The molecule has 19 heavy (non-hydrogen) atoms. The highest BCUT2D eigenvalue weighted by molar-refractivity contribution is 5.94. The molecule has 4 heteroatoms. The van der Waals surface area contributed by atoms with Crippen LogP contribution in [0.2, 0.25) is 0 Å². The summed E-state index contributed by atoms with van der Waals surface area (Å²) < 4.78 is 13.2. The fourth-order valence-electron chi connectivity index (χ4n) is 3.30. The topological polar surface area (TPSA) is 32.3 Å². The van der Waals surface area contributed by atoms with Crippen LogP contribution in [0.5, 0.6) is 0 Å². The number of nitrogens with one attached hydrogen (secondary N) is 1. The minimum absolute atomic E-state index is 0.0297. The van der Waals surface area contributed by atoms with Gasteiger partial charge in [0.2, 0.25) is 0 Å². The van der Waals surface area contributed by atoms with Crippen molar-refractivity contribution in [1.82, 2.24) is 10.2 Å².